The van der Waals surface area contributed by atoms with Gasteiger partial charge in [-0.2, -0.15) is 11.8 Å². The molecule has 0 amide bonds. The normalized spacial score (nSPS) is 9.58. The van der Waals surface area contributed by atoms with Crippen LogP contribution in [0.15, 0.2) is 12.7 Å². The van der Waals surface area contributed by atoms with E-state index in [1.807, 2.05) is 17.8 Å². The molecule has 0 aromatic rings. The lowest BCUT2D eigenvalue weighted by atomic mass is 10.2. The van der Waals surface area contributed by atoms with E-state index in [1.165, 1.54) is 12.2 Å². The highest BCUT2D eigenvalue weighted by molar-refractivity contribution is 7.98. The fraction of sp³-hybridized carbons (Fsp3) is 0.818. The predicted molar refractivity (Wildman–Crippen MR) is 62.9 cm³/mol. The second kappa shape index (κ2) is 11.1. The summed E-state index contributed by atoms with van der Waals surface area (Å²) in [7, 11) is 0. The summed E-state index contributed by atoms with van der Waals surface area (Å²) in [6.45, 7) is 12.3. The first-order valence-corrected chi connectivity index (χ1v) is 6.05. The van der Waals surface area contributed by atoms with Gasteiger partial charge in [0.1, 0.15) is 0 Å². The first-order valence-electron chi connectivity index (χ1n) is 4.66. The molecule has 0 saturated heterocycles. The molecule has 0 heterocycles. The average Bonchev–Trinajstić information content (AvgIpc) is 2.02. The summed E-state index contributed by atoms with van der Waals surface area (Å²) in [5, 5.41) is 0. The van der Waals surface area contributed by atoms with Crippen LogP contribution in [0.4, 0.5) is 0 Å². The molecular weight excluding hydrogens is 164 g/mol. The summed E-state index contributed by atoms with van der Waals surface area (Å²) in [5.41, 5.74) is 0. The lowest BCUT2D eigenvalue weighted by Crippen LogP contribution is -1.87. The topological polar surface area (TPSA) is 0 Å². The fourth-order valence-corrected chi connectivity index (χ4v) is 1.06. The van der Waals surface area contributed by atoms with Crippen molar-refractivity contribution in [2.45, 2.75) is 34.1 Å². The van der Waals surface area contributed by atoms with Gasteiger partial charge in [0.2, 0.25) is 0 Å². The number of thioether (sulfide) groups is 1. The minimum absolute atomic E-state index is 0.648. The molecule has 0 saturated carbocycles. The molecule has 0 aliphatic heterocycles. The molecule has 0 aliphatic rings. The van der Waals surface area contributed by atoms with Gasteiger partial charge >= 0.3 is 0 Å². The van der Waals surface area contributed by atoms with Crippen LogP contribution in [0.1, 0.15) is 34.1 Å². The van der Waals surface area contributed by atoms with E-state index >= 15 is 0 Å². The summed E-state index contributed by atoms with van der Waals surface area (Å²) in [5.74, 6) is 2.85. The zero-order valence-electron chi connectivity index (χ0n) is 9.26. The van der Waals surface area contributed by atoms with Gasteiger partial charge in [0.15, 0.2) is 0 Å². The monoisotopic (exact) mass is 188 g/mol. The van der Waals surface area contributed by atoms with Crippen molar-refractivity contribution in [3.63, 3.8) is 0 Å². The molecule has 1 heteroatoms. The molecular formula is C11H24S. The SMILES string of the molecule is C=CC(C)C.CSCCC(C)C. The lowest BCUT2D eigenvalue weighted by Gasteiger charge is -1.98. The van der Waals surface area contributed by atoms with Crippen LogP contribution in [0.5, 0.6) is 0 Å². The van der Waals surface area contributed by atoms with Crippen molar-refractivity contribution in [2.24, 2.45) is 11.8 Å². The van der Waals surface area contributed by atoms with Crippen molar-refractivity contribution in [1.82, 2.24) is 0 Å². The first kappa shape index (κ1) is 14.6. The molecule has 0 unspecified atom stereocenters. The van der Waals surface area contributed by atoms with Gasteiger partial charge < -0.3 is 0 Å². The zero-order chi connectivity index (χ0) is 9.98. The summed E-state index contributed by atoms with van der Waals surface area (Å²) in [4.78, 5) is 0. The number of hydrogen-bond donors (Lipinski definition) is 0. The second-order valence-electron chi connectivity index (χ2n) is 3.66. The Morgan fingerprint density at radius 3 is 1.75 bits per heavy atom. The largest absolute Gasteiger partial charge is 0.165 e. The summed E-state index contributed by atoms with van der Waals surface area (Å²) < 4.78 is 0. The third kappa shape index (κ3) is 22.5. The number of rotatable bonds is 4. The van der Waals surface area contributed by atoms with Crippen LogP contribution in [-0.4, -0.2) is 12.0 Å². The van der Waals surface area contributed by atoms with Gasteiger partial charge in [-0.05, 0) is 30.3 Å². The van der Waals surface area contributed by atoms with Gasteiger partial charge in [0.05, 0.1) is 0 Å². The highest BCUT2D eigenvalue weighted by Gasteiger charge is 1.89. The Labute approximate surface area is 82.8 Å². The smallest absolute Gasteiger partial charge is 0.00679 e. The van der Waals surface area contributed by atoms with E-state index in [1.54, 1.807) is 0 Å². The van der Waals surface area contributed by atoms with Crippen molar-refractivity contribution >= 4 is 11.8 Å². The maximum Gasteiger partial charge on any atom is -0.00679 e. The van der Waals surface area contributed by atoms with Gasteiger partial charge in [0.25, 0.3) is 0 Å². The Morgan fingerprint density at radius 2 is 1.67 bits per heavy atom. The van der Waals surface area contributed by atoms with Crippen LogP contribution >= 0.6 is 11.8 Å². The standard InChI is InChI=1S/C6H14S.C5H10/c1-6(2)4-5-7-3;1-4-5(2)3/h6H,4-5H2,1-3H3;4-5H,1H2,2-3H3. The molecule has 74 valence electrons. The van der Waals surface area contributed by atoms with E-state index in [4.69, 9.17) is 0 Å². The average molecular weight is 188 g/mol. The lowest BCUT2D eigenvalue weighted by molar-refractivity contribution is 0.632. The minimum atomic E-state index is 0.648. The van der Waals surface area contributed by atoms with Crippen molar-refractivity contribution < 1.29 is 0 Å². The van der Waals surface area contributed by atoms with E-state index in [0.29, 0.717) is 5.92 Å². The molecule has 0 nitrogen and oxygen atoms in total. The van der Waals surface area contributed by atoms with E-state index in [9.17, 15) is 0 Å². The molecule has 0 aliphatic carbocycles. The summed E-state index contributed by atoms with van der Waals surface area (Å²) >= 11 is 1.93. The van der Waals surface area contributed by atoms with Crippen molar-refractivity contribution in [3.8, 4) is 0 Å². The van der Waals surface area contributed by atoms with Gasteiger partial charge in [-0.1, -0.05) is 33.8 Å². The van der Waals surface area contributed by atoms with Crippen LogP contribution in [-0.2, 0) is 0 Å². The van der Waals surface area contributed by atoms with Crippen molar-refractivity contribution in [2.75, 3.05) is 12.0 Å². The first-order chi connectivity index (χ1) is 5.54. The van der Waals surface area contributed by atoms with Gasteiger partial charge in [-0.15, -0.1) is 6.58 Å². The van der Waals surface area contributed by atoms with Gasteiger partial charge in [-0.25, -0.2) is 0 Å². The zero-order valence-corrected chi connectivity index (χ0v) is 10.1. The maximum absolute atomic E-state index is 3.56. The van der Waals surface area contributed by atoms with E-state index in [2.05, 4.69) is 40.5 Å². The quantitative estimate of drug-likeness (QED) is 0.595. The minimum Gasteiger partial charge on any atom is -0.165 e. The molecule has 0 aromatic carbocycles. The maximum atomic E-state index is 3.56. The molecule has 12 heavy (non-hydrogen) atoms. The summed E-state index contributed by atoms with van der Waals surface area (Å²) in [6, 6.07) is 0. The molecule has 0 radical (unpaired) electrons. The van der Waals surface area contributed by atoms with Gasteiger partial charge in [0, 0.05) is 0 Å². The molecule has 0 rings (SSSR count). The molecule has 0 atom stereocenters. The third-order valence-electron chi connectivity index (χ3n) is 1.37. The highest BCUT2D eigenvalue weighted by Crippen LogP contribution is 2.03. The van der Waals surface area contributed by atoms with Crippen molar-refractivity contribution in [3.05, 3.63) is 12.7 Å². The highest BCUT2D eigenvalue weighted by atomic mass is 32.2. The Balaban J connectivity index is 0. The third-order valence-corrected chi connectivity index (χ3v) is 2.01. The van der Waals surface area contributed by atoms with E-state index in [-0.39, 0.29) is 0 Å². The molecule has 0 spiro atoms. The molecule has 0 bridgehead atoms. The Morgan fingerprint density at radius 1 is 1.25 bits per heavy atom. The van der Waals surface area contributed by atoms with Crippen LogP contribution in [0.25, 0.3) is 0 Å². The summed E-state index contributed by atoms with van der Waals surface area (Å²) in [6.07, 6.45) is 5.43. The predicted octanol–water partition coefficient (Wildman–Crippen LogP) is 4.22. The van der Waals surface area contributed by atoms with Crippen molar-refractivity contribution in [1.29, 1.82) is 0 Å². The molecule has 0 N–H and O–H groups in total. The fourth-order valence-electron chi connectivity index (χ4n) is 0.354. The van der Waals surface area contributed by atoms with E-state index < -0.39 is 0 Å². The van der Waals surface area contributed by atoms with Crippen LogP contribution in [0, 0.1) is 11.8 Å². The Hall–Kier alpha value is 0.0900. The van der Waals surface area contributed by atoms with Gasteiger partial charge in [-0.3, -0.25) is 0 Å². The second-order valence-corrected chi connectivity index (χ2v) is 4.64. The van der Waals surface area contributed by atoms with E-state index in [0.717, 1.165) is 5.92 Å². The number of hydrogen-bond acceptors (Lipinski definition) is 1. The molecule has 0 aromatic heterocycles. The number of allylic oxidation sites excluding steroid dienone is 1. The molecule has 0 fully saturated rings. The Bertz CT molecular complexity index is 85.0. The van der Waals surface area contributed by atoms with Crippen LogP contribution in [0.3, 0.4) is 0 Å². The van der Waals surface area contributed by atoms with Crippen LogP contribution in [0.2, 0.25) is 0 Å². The Kier molecular flexibility index (Phi) is 13.5. The van der Waals surface area contributed by atoms with Crippen LogP contribution < -0.4 is 0 Å².